The van der Waals surface area contributed by atoms with Crippen molar-refractivity contribution in [2.24, 2.45) is 0 Å². The first-order valence-corrected chi connectivity index (χ1v) is 8.12. The van der Waals surface area contributed by atoms with Gasteiger partial charge in [0.15, 0.2) is 17.2 Å². The molecule has 1 amide bonds. The number of hydrogen-bond donors (Lipinski definition) is 1. The van der Waals surface area contributed by atoms with Crippen LogP contribution in [0.3, 0.4) is 0 Å². The lowest BCUT2D eigenvalue weighted by molar-refractivity contribution is -0.384. The molecule has 1 aromatic heterocycles. The minimum atomic E-state index is -0.473. The van der Waals surface area contributed by atoms with Crippen molar-refractivity contribution in [1.82, 2.24) is 9.78 Å². The molecule has 0 spiro atoms. The fraction of sp³-hybridized carbons (Fsp3) is 0.111. The van der Waals surface area contributed by atoms with E-state index in [1.165, 1.54) is 16.8 Å². The molecule has 0 radical (unpaired) electrons. The molecule has 2 aromatic carbocycles. The zero-order valence-corrected chi connectivity index (χ0v) is 14.0. The van der Waals surface area contributed by atoms with E-state index >= 15 is 0 Å². The number of aromatic nitrogens is 2. The van der Waals surface area contributed by atoms with E-state index in [0.717, 1.165) is 0 Å². The number of nitro groups is 1. The van der Waals surface area contributed by atoms with E-state index in [1.807, 2.05) is 0 Å². The third kappa shape index (κ3) is 3.43. The number of nitrogens with zero attached hydrogens (tertiary/aromatic N) is 3. The van der Waals surface area contributed by atoms with E-state index in [9.17, 15) is 14.9 Å². The Hall–Kier alpha value is -3.88. The van der Waals surface area contributed by atoms with Crippen molar-refractivity contribution in [1.29, 1.82) is 0 Å². The second kappa shape index (κ2) is 6.79. The van der Waals surface area contributed by atoms with Crippen molar-refractivity contribution in [3.63, 3.8) is 0 Å². The summed E-state index contributed by atoms with van der Waals surface area (Å²) in [5, 5.41) is 17.7. The summed E-state index contributed by atoms with van der Waals surface area (Å²) in [5.74, 6) is 0.837. The summed E-state index contributed by atoms with van der Waals surface area (Å²) in [6.07, 6.45) is 1.61. The summed E-state index contributed by atoms with van der Waals surface area (Å²) < 4.78 is 12.4. The molecule has 0 bridgehead atoms. The molecule has 9 nitrogen and oxygen atoms in total. The highest BCUT2D eigenvalue weighted by Crippen LogP contribution is 2.32. The van der Waals surface area contributed by atoms with E-state index in [0.29, 0.717) is 36.1 Å². The topological polar surface area (TPSA) is 109 Å². The lowest BCUT2D eigenvalue weighted by Crippen LogP contribution is -2.16. The summed E-state index contributed by atoms with van der Waals surface area (Å²) in [6, 6.07) is 12.6. The highest BCUT2D eigenvalue weighted by Gasteiger charge is 2.15. The third-order valence-corrected chi connectivity index (χ3v) is 3.95. The monoisotopic (exact) mass is 366 g/mol. The molecule has 9 heteroatoms. The Morgan fingerprint density at radius 2 is 1.81 bits per heavy atom. The SMILES string of the molecule is O=C(Nc1ccc2c(c1)OCCO2)c1ccn(-c2ccc([N+](=O)[O-])cc2)n1. The van der Waals surface area contributed by atoms with Crippen molar-refractivity contribution < 1.29 is 19.2 Å². The van der Waals surface area contributed by atoms with Crippen LogP contribution in [0.15, 0.2) is 54.7 Å². The number of rotatable bonds is 4. The Morgan fingerprint density at radius 3 is 2.56 bits per heavy atom. The first-order valence-electron chi connectivity index (χ1n) is 8.12. The molecule has 0 aliphatic carbocycles. The fourth-order valence-electron chi connectivity index (χ4n) is 2.63. The maximum Gasteiger partial charge on any atom is 0.276 e. The van der Waals surface area contributed by atoms with Gasteiger partial charge in [-0.05, 0) is 30.3 Å². The molecule has 0 atom stereocenters. The lowest BCUT2D eigenvalue weighted by Gasteiger charge is -2.18. The summed E-state index contributed by atoms with van der Waals surface area (Å²) in [7, 11) is 0. The average Bonchev–Trinajstić information content (AvgIpc) is 3.18. The molecule has 4 rings (SSSR count). The van der Waals surface area contributed by atoms with Crippen LogP contribution in [0.4, 0.5) is 11.4 Å². The van der Waals surface area contributed by atoms with Crippen LogP contribution in [0.2, 0.25) is 0 Å². The van der Waals surface area contributed by atoms with Gasteiger partial charge in [-0.15, -0.1) is 0 Å². The molecule has 3 aromatic rings. The standard InChI is InChI=1S/C18H14N4O5/c23-18(19-12-1-6-16-17(11-12)27-10-9-26-16)15-7-8-21(20-15)13-2-4-14(5-3-13)22(24)25/h1-8,11H,9-10H2,(H,19,23). The Labute approximate surface area is 153 Å². The summed E-state index contributed by atoms with van der Waals surface area (Å²) in [5.41, 5.74) is 1.37. The first-order chi connectivity index (χ1) is 13.1. The van der Waals surface area contributed by atoms with E-state index < -0.39 is 4.92 Å². The van der Waals surface area contributed by atoms with Gasteiger partial charge in [0.1, 0.15) is 13.2 Å². The zero-order valence-electron chi connectivity index (χ0n) is 14.0. The van der Waals surface area contributed by atoms with E-state index in [2.05, 4.69) is 10.4 Å². The van der Waals surface area contributed by atoms with E-state index in [4.69, 9.17) is 9.47 Å². The van der Waals surface area contributed by atoms with Crippen molar-refractivity contribution in [2.75, 3.05) is 18.5 Å². The van der Waals surface area contributed by atoms with Gasteiger partial charge < -0.3 is 14.8 Å². The number of fused-ring (bicyclic) bond motifs is 1. The highest BCUT2D eigenvalue weighted by atomic mass is 16.6. The average molecular weight is 366 g/mol. The van der Waals surface area contributed by atoms with Crippen molar-refractivity contribution in [2.45, 2.75) is 0 Å². The molecular formula is C18H14N4O5. The Balaban J connectivity index is 1.49. The van der Waals surface area contributed by atoms with Crippen LogP contribution in [0.5, 0.6) is 11.5 Å². The minimum absolute atomic E-state index is 0.0116. The molecule has 0 unspecified atom stereocenters. The van der Waals surface area contributed by atoms with Crippen molar-refractivity contribution in [3.8, 4) is 17.2 Å². The number of nitrogens with one attached hydrogen (secondary N) is 1. The minimum Gasteiger partial charge on any atom is -0.486 e. The van der Waals surface area contributed by atoms with Crippen molar-refractivity contribution >= 4 is 17.3 Å². The van der Waals surface area contributed by atoms with Gasteiger partial charge in [0.2, 0.25) is 0 Å². The summed E-state index contributed by atoms with van der Waals surface area (Å²) in [4.78, 5) is 22.7. The Bertz CT molecular complexity index is 1010. The Kier molecular flexibility index (Phi) is 4.17. The molecule has 136 valence electrons. The van der Waals surface area contributed by atoms with Crippen LogP contribution in [-0.4, -0.2) is 33.8 Å². The second-order valence-corrected chi connectivity index (χ2v) is 5.73. The Morgan fingerprint density at radius 1 is 1.07 bits per heavy atom. The zero-order chi connectivity index (χ0) is 18.8. The molecule has 27 heavy (non-hydrogen) atoms. The van der Waals surface area contributed by atoms with Gasteiger partial charge in [0.25, 0.3) is 11.6 Å². The molecule has 1 aliphatic rings. The van der Waals surface area contributed by atoms with Crippen LogP contribution in [0, 0.1) is 10.1 Å². The third-order valence-electron chi connectivity index (χ3n) is 3.95. The van der Waals surface area contributed by atoms with Gasteiger partial charge in [-0.25, -0.2) is 4.68 Å². The number of benzene rings is 2. The van der Waals surface area contributed by atoms with Crippen LogP contribution in [-0.2, 0) is 0 Å². The largest absolute Gasteiger partial charge is 0.486 e. The second-order valence-electron chi connectivity index (χ2n) is 5.73. The smallest absolute Gasteiger partial charge is 0.276 e. The van der Waals surface area contributed by atoms with Gasteiger partial charge in [-0.3, -0.25) is 14.9 Å². The predicted molar refractivity (Wildman–Crippen MR) is 95.6 cm³/mol. The van der Waals surface area contributed by atoms with Gasteiger partial charge >= 0.3 is 0 Å². The quantitative estimate of drug-likeness (QED) is 0.562. The molecule has 0 saturated carbocycles. The number of anilines is 1. The number of nitro benzene ring substituents is 1. The predicted octanol–water partition coefficient (Wildman–Crippen LogP) is 2.80. The van der Waals surface area contributed by atoms with Crippen LogP contribution < -0.4 is 14.8 Å². The van der Waals surface area contributed by atoms with Gasteiger partial charge in [0.05, 0.1) is 10.6 Å². The highest BCUT2D eigenvalue weighted by molar-refractivity contribution is 6.03. The number of amides is 1. The molecule has 0 saturated heterocycles. The van der Waals surface area contributed by atoms with Gasteiger partial charge in [-0.2, -0.15) is 5.10 Å². The lowest BCUT2D eigenvalue weighted by atomic mass is 10.2. The van der Waals surface area contributed by atoms with E-state index in [-0.39, 0.29) is 17.3 Å². The molecule has 1 N–H and O–H groups in total. The number of carbonyl (C=O) groups excluding carboxylic acids is 1. The summed E-state index contributed by atoms with van der Waals surface area (Å²) >= 11 is 0. The summed E-state index contributed by atoms with van der Waals surface area (Å²) in [6.45, 7) is 0.961. The maximum absolute atomic E-state index is 12.4. The fourth-order valence-corrected chi connectivity index (χ4v) is 2.63. The van der Waals surface area contributed by atoms with Gasteiger partial charge in [-0.1, -0.05) is 0 Å². The number of non-ortho nitro benzene ring substituents is 1. The van der Waals surface area contributed by atoms with E-state index in [1.54, 1.807) is 42.6 Å². The van der Waals surface area contributed by atoms with Gasteiger partial charge in [0, 0.05) is 30.1 Å². The normalized spacial score (nSPS) is 12.4. The molecular weight excluding hydrogens is 352 g/mol. The molecule has 1 aliphatic heterocycles. The number of carbonyl (C=O) groups is 1. The number of ether oxygens (including phenoxy) is 2. The van der Waals surface area contributed by atoms with Crippen LogP contribution >= 0.6 is 0 Å². The maximum atomic E-state index is 12.4. The number of hydrogen-bond acceptors (Lipinski definition) is 6. The molecule has 0 fully saturated rings. The first kappa shape index (κ1) is 16.6. The molecule has 2 heterocycles. The van der Waals surface area contributed by atoms with Crippen LogP contribution in [0.1, 0.15) is 10.5 Å². The van der Waals surface area contributed by atoms with Crippen LogP contribution in [0.25, 0.3) is 5.69 Å². The van der Waals surface area contributed by atoms with Crippen molar-refractivity contribution in [3.05, 3.63) is 70.5 Å².